The monoisotopic (exact) mass is 734 g/mol. The van der Waals surface area contributed by atoms with Crippen LogP contribution in [-0.4, -0.2) is 19.9 Å². The van der Waals surface area contributed by atoms with Gasteiger partial charge in [0.15, 0.2) is 0 Å². The van der Waals surface area contributed by atoms with Crippen molar-refractivity contribution in [2.45, 2.75) is 44.4 Å². The first-order valence-corrected chi connectivity index (χ1v) is 20.1. The summed E-state index contributed by atoms with van der Waals surface area (Å²) < 4.78 is 0. The molecule has 1 fully saturated rings. The molecule has 0 aliphatic heterocycles. The Balaban J connectivity index is 0.977. The average molecular weight is 735 g/mol. The Kier molecular flexibility index (Phi) is 9.16. The molecule has 4 nitrogen and oxygen atoms in total. The number of benzene rings is 6. The number of hydrogen-bond acceptors (Lipinski definition) is 4. The molecule has 0 N–H and O–H groups in total. The van der Waals surface area contributed by atoms with Crippen molar-refractivity contribution in [3.05, 3.63) is 193 Å². The van der Waals surface area contributed by atoms with Gasteiger partial charge < -0.3 is 0 Å². The molecule has 2 unspecified atom stereocenters. The number of rotatable bonds is 7. The molecule has 4 heteroatoms. The van der Waals surface area contributed by atoms with E-state index in [1.54, 1.807) is 0 Å². The Labute approximate surface area is 334 Å². The molecule has 0 spiro atoms. The molecule has 3 aromatic heterocycles. The molecule has 274 valence electrons. The standard InChI is InChI=1S/C53H42N4/c1-35-20-21-43-30-31-46-47(33-48(40-14-7-3-8-15-40)55-52(46)51(43)54-35)39-26-22-38(23-27-39)44-18-11-19-45(32-44)53-56-49(41-16-9-4-10-17-41)34-50(57-53)42-28-24-37(25-29-42)36-12-5-2-6-13-36/h2-10,12-17,20-31,33-34,44-45H,11,18-19,32H2,1H3. The van der Waals surface area contributed by atoms with Crippen molar-refractivity contribution in [3.8, 4) is 56.0 Å². The van der Waals surface area contributed by atoms with Gasteiger partial charge in [-0.25, -0.2) is 15.0 Å². The minimum absolute atomic E-state index is 0.274. The van der Waals surface area contributed by atoms with Crippen LogP contribution in [0, 0.1) is 6.92 Å². The Bertz CT molecular complexity index is 2840. The van der Waals surface area contributed by atoms with Crippen molar-refractivity contribution in [1.82, 2.24) is 19.9 Å². The summed E-state index contributed by atoms with van der Waals surface area (Å²) in [5.74, 6) is 1.66. The lowest BCUT2D eigenvalue weighted by Gasteiger charge is -2.29. The number of hydrogen-bond donors (Lipinski definition) is 0. The van der Waals surface area contributed by atoms with Crippen molar-refractivity contribution in [2.75, 3.05) is 0 Å². The van der Waals surface area contributed by atoms with E-state index in [4.69, 9.17) is 19.9 Å². The minimum atomic E-state index is 0.274. The van der Waals surface area contributed by atoms with Crippen LogP contribution in [-0.2, 0) is 0 Å². The van der Waals surface area contributed by atoms with Crippen molar-refractivity contribution in [1.29, 1.82) is 0 Å². The smallest absolute Gasteiger partial charge is 0.132 e. The molecule has 1 aliphatic rings. The quantitative estimate of drug-likeness (QED) is 0.153. The highest BCUT2D eigenvalue weighted by atomic mass is 14.9. The van der Waals surface area contributed by atoms with Gasteiger partial charge in [-0.3, -0.25) is 4.98 Å². The lowest BCUT2D eigenvalue weighted by Crippen LogP contribution is -2.16. The average Bonchev–Trinajstić information content (AvgIpc) is 3.29. The number of pyridine rings is 2. The van der Waals surface area contributed by atoms with Gasteiger partial charge in [0.05, 0.1) is 28.1 Å². The third-order valence-electron chi connectivity index (χ3n) is 11.7. The van der Waals surface area contributed by atoms with Gasteiger partial charge in [-0.05, 0) is 78.1 Å². The zero-order valence-electron chi connectivity index (χ0n) is 32.0. The van der Waals surface area contributed by atoms with E-state index in [0.29, 0.717) is 5.92 Å². The van der Waals surface area contributed by atoms with Crippen LogP contribution in [0.2, 0.25) is 0 Å². The maximum atomic E-state index is 5.30. The molecule has 1 saturated carbocycles. The van der Waals surface area contributed by atoms with Crippen LogP contribution in [0.1, 0.15) is 54.6 Å². The van der Waals surface area contributed by atoms with E-state index in [2.05, 4.69) is 176 Å². The summed E-state index contributed by atoms with van der Waals surface area (Å²) in [6.45, 7) is 2.05. The molecule has 10 rings (SSSR count). The predicted molar refractivity (Wildman–Crippen MR) is 235 cm³/mol. The molecule has 1 aliphatic carbocycles. The molecule has 0 radical (unpaired) electrons. The van der Waals surface area contributed by atoms with Crippen LogP contribution in [0.15, 0.2) is 176 Å². The fourth-order valence-corrected chi connectivity index (χ4v) is 8.64. The Morgan fingerprint density at radius 2 is 0.947 bits per heavy atom. The van der Waals surface area contributed by atoms with Gasteiger partial charge in [0.25, 0.3) is 0 Å². The predicted octanol–water partition coefficient (Wildman–Crippen LogP) is 13.7. The second-order valence-electron chi connectivity index (χ2n) is 15.4. The third-order valence-corrected chi connectivity index (χ3v) is 11.7. The second-order valence-corrected chi connectivity index (χ2v) is 15.4. The lowest BCUT2D eigenvalue weighted by molar-refractivity contribution is 0.383. The SMILES string of the molecule is Cc1ccc2ccc3c(-c4ccc(C5CCCC(c6nc(-c7ccccc7)cc(-c7ccc(-c8ccccc8)cc7)n6)C5)cc4)cc(-c4ccccc4)nc3c2n1. The van der Waals surface area contributed by atoms with Crippen molar-refractivity contribution < 1.29 is 0 Å². The molecule has 2 atom stereocenters. The van der Waals surface area contributed by atoms with Crippen LogP contribution in [0.5, 0.6) is 0 Å². The first-order chi connectivity index (χ1) is 28.1. The van der Waals surface area contributed by atoms with Gasteiger partial charge in [0.2, 0.25) is 0 Å². The Hall–Kier alpha value is -6.78. The van der Waals surface area contributed by atoms with E-state index >= 15 is 0 Å². The highest BCUT2D eigenvalue weighted by Crippen LogP contribution is 2.42. The molecule has 6 aromatic carbocycles. The summed E-state index contributed by atoms with van der Waals surface area (Å²) in [7, 11) is 0. The van der Waals surface area contributed by atoms with Gasteiger partial charge in [-0.15, -0.1) is 0 Å². The number of fused-ring (bicyclic) bond motifs is 3. The van der Waals surface area contributed by atoms with Crippen molar-refractivity contribution >= 4 is 21.8 Å². The van der Waals surface area contributed by atoms with Crippen LogP contribution in [0.25, 0.3) is 77.8 Å². The summed E-state index contributed by atoms with van der Waals surface area (Å²) in [5, 5.41) is 2.22. The summed E-state index contributed by atoms with van der Waals surface area (Å²) in [5.41, 5.74) is 15.3. The van der Waals surface area contributed by atoms with Gasteiger partial charge in [0, 0.05) is 39.1 Å². The van der Waals surface area contributed by atoms with E-state index in [-0.39, 0.29) is 5.92 Å². The summed E-state index contributed by atoms with van der Waals surface area (Å²) in [4.78, 5) is 20.8. The normalized spacial score (nSPS) is 15.5. The fourth-order valence-electron chi connectivity index (χ4n) is 8.64. The minimum Gasteiger partial charge on any atom is -0.251 e. The lowest BCUT2D eigenvalue weighted by atomic mass is 9.77. The zero-order valence-corrected chi connectivity index (χ0v) is 32.0. The molecule has 9 aromatic rings. The summed E-state index contributed by atoms with van der Waals surface area (Å²) in [6, 6.07) is 62.6. The molecule has 0 bridgehead atoms. The number of nitrogens with zero attached hydrogens (tertiary/aromatic N) is 4. The van der Waals surface area contributed by atoms with E-state index < -0.39 is 0 Å². The van der Waals surface area contributed by atoms with Crippen LogP contribution >= 0.6 is 0 Å². The van der Waals surface area contributed by atoms with Crippen LogP contribution in [0.4, 0.5) is 0 Å². The van der Waals surface area contributed by atoms with Crippen molar-refractivity contribution in [2.24, 2.45) is 0 Å². The zero-order chi connectivity index (χ0) is 38.1. The maximum Gasteiger partial charge on any atom is 0.132 e. The highest BCUT2D eigenvalue weighted by molar-refractivity contribution is 6.09. The first-order valence-electron chi connectivity index (χ1n) is 20.1. The van der Waals surface area contributed by atoms with E-state index in [1.807, 2.05) is 6.92 Å². The number of aromatic nitrogens is 4. The summed E-state index contributed by atoms with van der Waals surface area (Å²) in [6.07, 6.45) is 4.42. The third kappa shape index (κ3) is 7.00. The van der Waals surface area contributed by atoms with E-state index in [1.165, 1.54) is 27.8 Å². The molecule has 3 heterocycles. The van der Waals surface area contributed by atoms with Gasteiger partial charge in [-0.2, -0.15) is 0 Å². The first kappa shape index (κ1) is 34.7. The second kappa shape index (κ2) is 15.0. The van der Waals surface area contributed by atoms with E-state index in [9.17, 15) is 0 Å². The molecule has 57 heavy (non-hydrogen) atoms. The topological polar surface area (TPSA) is 51.6 Å². The Morgan fingerprint density at radius 3 is 1.61 bits per heavy atom. The van der Waals surface area contributed by atoms with Gasteiger partial charge >= 0.3 is 0 Å². The van der Waals surface area contributed by atoms with E-state index in [0.717, 1.165) is 92.8 Å². The molecule has 0 amide bonds. The van der Waals surface area contributed by atoms with Crippen molar-refractivity contribution in [3.63, 3.8) is 0 Å². The maximum absolute atomic E-state index is 5.30. The highest BCUT2D eigenvalue weighted by Gasteiger charge is 2.27. The Morgan fingerprint density at radius 1 is 0.421 bits per heavy atom. The fraction of sp³-hybridized carbons (Fsp3) is 0.132. The molecular formula is C53H42N4. The summed E-state index contributed by atoms with van der Waals surface area (Å²) >= 11 is 0. The number of aryl methyl sites for hydroxylation is 1. The largest absolute Gasteiger partial charge is 0.251 e. The molecule has 0 saturated heterocycles. The van der Waals surface area contributed by atoms with Gasteiger partial charge in [-0.1, -0.05) is 164 Å². The van der Waals surface area contributed by atoms with Crippen LogP contribution < -0.4 is 0 Å². The van der Waals surface area contributed by atoms with Gasteiger partial charge in [0.1, 0.15) is 5.82 Å². The van der Waals surface area contributed by atoms with Crippen LogP contribution in [0.3, 0.4) is 0 Å². The molecular weight excluding hydrogens is 693 g/mol.